The number of hydrogen-bond donors (Lipinski definition) is 1. The third-order valence-electron chi connectivity index (χ3n) is 5.69. The van der Waals surface area contributed by atoms with Crippen LogP contribution in [0.1, 0.15) is 19.3 Å². The molecule has 1 unspecified atom stereocenters. The molecule has 3 aromatic rings. The molecule has 0 spiro atoms. The predicted octanol–water partition coefficient (Wildman–Crippen LogP) is 3.96. The van der Waals surface area contributed by atoms with Gasteiger partial charge in [-0.1, -0.05) is 11.3 Å². The highest BCUT2D eigenvalue weighted by Gasteiger charge is 2.26. The quantitative estimate of drug-likeness (QED) is 0.421. The van der Waals surface area contributed by atoms with E-state index < -0.39 is 12.0 Å². The number of halogens is 2. The Kier molecular flexibility index (Phi) is 7.79. The maximum Gasteiger partial charge on any atom is 0.326 e. The van der Waals surface area contributed by atoms with Gasteiger partial charge in [-0.25, -0.2) is 19.2 Å². The van der Waals surface area contributed by atoms with E-state index in [1.807, 2.05) is 0 Å². The average Bonchev–Trinajstić information content (AvgIpc) is 3.25. The number of hydrogen-bond acceptors (Lipinski definition) is 9. The fourth-order valence-corrected chi connectivity index (χ4v) is 5.04. The number of rotatable bonds is 9. The number of carboxylic acids is 1. The largest absolute Gasteiger partial charge is 0.489 e. The zero-order valence-electron chi connectivity index (χ0n) is 18.8. The van der Waals surface area contributed by atoms with Crippen LogP contribution in [0.5, 0.6) is 5.75 Å². The molecule has 1 atom stereocenters. The molecule has 4 rings (SSSR count). The number of likely N-dealkylation sites (N-methyl/N-ethyl adjacent to an activating group) is 1. The fourth-order valence-electron chi connectivity index (χ4n) is 3.78. The van der Waals surface area contributed by atoms with Crippen LogP contribution >= 0.6 is 27.3 Å². The van der Waals surface area contributed by atoms with Crippen LogP contribution in [0.4, 0.5) is 15.5 Å². The molecule has 1 aromatic carbocycles. The minimum absolute atomic E-state index is 0.0261. The van der Waals surface area contributed by atoms with Crippen molar-refractivity contribution in [1.29, 1.82) is 0 Å². The van der Waals surface area contributed by atoms with Crippen molar-refractivity contribution in [1.82, 2.24) is 15.0 Å². The molecule has 0 bridgehead atoms. The molecule has 0 aliphatic carbocycles. The molecule has 1 aliphatic rings. The minimum atomic E-state index is -0.930. The summed E-state index contributed by atoms with van der Waals surface area (Å²) in [6.07, 6.45) is 3.49. The Bertz CT molecular complexity index is 1160. The Balaban J connectivity index is 1.42. The molecule has 0 saturated carbocycles. The monoisotopic (exact) mass is 553 g/mol. The number of aromatic nitrogens is 3. The highest BCUT2D eigenvalue weighted by molar-refractivity contribution is 9.10. The van der Waals surface area contributed by atoms with Crippen molar-refractivity contribution < 1.29 is 23.8 Å². The third-order valence-corrected chi connectivity index (χ3v) is 7.40. The molecule has 1 fully saturated rings. The van der Waals surface area contributed by atoms with E-state index in [1.165, 1.54) is 23.5 Å². The number of nitrogens with zero attached hydrogens (tertiary/aromatic N) is 5. The normalized spacial score (nSPS) is 15.5. The second-order valence-corrected chi connectivity index (χ2v) is 9.79. The van der Waals surface area contributed by atoms with Crippen molar-refractivity contribution in [3.05, 3.63) is 34.7 Å². The minimum Gasteiger partial charge on any atom is -0.489 e. The van der Waals surface area contributed by atoms with Crippen molar-refractivity contribution >= 4 is 54.7 Å². The molecule has 182 valence electrons. The summed E-state index contributed by atoms with van der Waals surface area (Å²) in [5, 5.41) is 10.1. The summed E-state index contributed by atoms with van der Waals surface area (Å²) in [7, 11) is 3.26. The van der Waals surface area contributed by atoms with Gasteiger partial charge in [0.1, 0.15) is 29.2 Å². The summed E-state index contributed by atoms with van der Waals surface area (Å²) in [4.78, 5) is 29.8. The zero-order valence-corrected chi connectivity index (χ0v) is 21.2. The van der Waals surface area contributed by atoms with Gasteiger partial charge in [-0.3, -0.25) is 0 Å². The van der Waals surface area contributed by atoms with E-state index >= 15 is 0 Å². The van der Waals surface area contributed by atoms with Crippen LogP contribution in [-0.4, -0.2) is 72.0 Å². The second-order valence-electron chi connectivity index (χ2n) is 7.98. The molecule has 1 N–H and O–H groups in total. The third kappa shape index (κ3) is 5.56. The first-order chi connectivity index (χ1) is 16.4. The van der Waals surface area contributed by atoms with Gasteiger partial charge >= 0.3 is 5.97 Å². The maximum absolute atomic E-state index is 13.5. The maximum atomic E-state index is 13.5. The summed E-state index contributed by atoms with van der Waals surface area (Å²) in [6, 6.07) is 3.66. The number of fused-ring (bicyclic) bond motifs is 1. The summed E-state index contributed by atoms with van der Waals surface area (Å²) < 4.78 is 25.3. The van der Waals surface area contributed by atoms with Crippen LogP contribution < -0.4 is 14.5 Å². The highest BCUT2D eigenvalue weighted by atomic mass is 79.9. The van der Waals surface area contributed by atoms with Gasteiger partial charge in [0.2, 0.25) is 5.95 Å². The van der Waals surface area contributed by atoms with E-state index in [0.717, 1.165) is 17.3 Å². The van der Waals surface area contributed by atoms with Crippen molar-refractivity contribution in [3.63, 3.8) is 0 Å². The van der Waals surface area contributed by atoms with Gasteiger partial charge in [-0.05, 0) is 28.1 Å². The van der Waals surface area contributed by atoms with Crippen molar-refractivity contribution in [3.8, 4) is 5.75 Å². The highest BCUT2D eigenvalue weighted by Crippen LogP contribution is 2.31. The van der Waals surface area contributed by atoms with Crippen molar-refractivity contribution in [2.45, 2.75) is 31.4 Å². The van der Waals surface area contributed by atoms with Crippen LogP contribution in [0.25, 0.3) is 10.3 Å². The Morgan fingerprint density at radius 3 is 2.85 bits per heavy atom. The number of carboxylic acid groups (broad SMARTS) is 1. The summed E-state index contributed by atoms with van der Waals surface area (Å²) in [6.45, 7) is 1.74. The number of carbonyl (C=O) groups is 1. The van der Waals surface area contributed by atoms with Gasteiger partial charge in [-0.2, -0.15) is 4.98 Å². The van der Waals surface area contributed by atoms with Crippen LogP contribution in [0.2, 0.25) is 0 Å². The number of methoxy groups -OCH3 is 1. The van der Waals surface area contributed by atoms with Crippen molar-refractivity contribution in [2.24, 2.45) is 0 Å². The van der Waals surface area contributed by atoms with Crippen LogP contribution in [0.15, 0.2) is 28.9 Å². The number of anilines is 2. The topological polar surface area (TPSA) is 101 Å². The van der Waals surface area contributed by atoms with Gasteiger partial charge in [0.25, 0.3) is 0 Å². The lowest BCUT2D eigenvalue weighted by atomic mass is 10.1. The summed E-state index contributed by atoms with van der Waals surface area (Å²) in [5.74, 6) is -0.159. The van der Waals surface area contributed by atoms with Gasteiger partial charge in [0, 0.05) is 59.2 Å². The molecule has 9 nitrogen and oxygen atoms in total. The molecule has 12 heteroatoms. The fraction of sp³-hybridized carbons (Fsp3) is 0.455. The number of ether oxygens (including phenoxy) is 2. The van der Waals surface area contributed by atoms with E-state index in [-0.39, 0.29) is 11.9 Å². The molecule has 1 saturated heterocycles. The van der Waals surface area contributed by atoms with Crippen LogP contribution in [0.3, 0.4) is 0 Å². The van der Waals surface area contributed by atoms with E-state index in [9.17, 15) is 14.3 Å². The Morgan fingerprint density at radius 1 is 1.38 bits per heavy atom. The van der Waals surface area contributed by atoms with E-state index in [1.54, 1.807) is 31.3 Å². The Morgan fingerprint density at radius 2 is 2.15 bits per heavy atom. The second kappa shape index (κ2) is 10.8. The first-order valence-corrected chi connectivity index (χ1v) is 12.4. The van der Waals surface area contributed by atoms with Crippen molar-refractivity contribution in [2.75, 3.05) is 43.7 Å². The van der Waals surface area contributed by atoms with Gasteiger partial charge in [0.15, 0.2) is 9.96 Å². The number of benzene rings is 1. The van der Waals surface area contributed by atoms with Gasteiger partial charge < -0.3 is 24.4 Å². The molecule has 3 heterocycles. The van der Waals surface area contributed by atoms with E-state index in [2.05, 4.69) is 35.8 Å². The lowest BCUT2D eigenvalue weighted by molar-refractivity contribution is -0.139. The number of aliphatic carboxylic acids is 1. The first kappa shape index (κ1) is 24.6. The molecule has 0 radical (unpaired) electrons. The summed E-state index contributed by atoms with van der Waals surface area (Å²) >= 11 is 4.74. The Labute approximate surface area is 208 Å². The van der Waals surface area contributed by atoms with E-state index in [0.29, 0.717) is 53.3 Å². The predicted molar refractivity (Wildman–Crippen MR) is 131 cm³/mol. The zero-order chi connectivity index (χ0) is 24.2. The molecule has 0 amide bonds. The molecular weight excluding hydrogens is 529 g/mol. The molecule has 2 aromatic heterocycles. The van der Waals surface area contributed by atoms with Gasteiger partial charge in [-0.15, -0.1) is 0 Å². The lowest BCUT2D eigenvalue weighted by Crippen LogP contribution is -2.39. The lowest BCUT2D eigenvalue weighted by Gasteiger charge is -2.32. The first-order valence-electron chi connectivity index (χ1n) is 10.8. The summed E-state index contributed by atoms with van der Waals surface area (Å²) in [5.41, 5.74) is 0.626. The molecule has 34 heavy (non-hydrogen) atoms. The SMILES string of the molecule is COCCC(C(=O)O)N(C)c1nc2cnc(N3CCC(Oc4cc(F)ccc4Br)CC3)nc2s1. The van der Waals surface area contributed by atoms with E-state index in [4.69, 9.17) is 9.47 Å². The Hall–Kier alpha value is -2.57. The number of piperidine rings is 1. The smallest absolute Gasteiger partial charge is 0.326 e. The molecule has 1 aliphatic heterocycles. The number of thiazole rings is 1. The molecular formula is C22H25BrFN5O4S. The van der Waals surface area contributed by atoms with Crippen LogP contribution in [-0.2, 0) is 9.53 Å². The van der Waals surface area contributed by atoms with Gasteiger partial charge in [0.05, 0.1) is 10.7 Å². The van der Waals surface area contributed by atoms with Crippen LogP contribution in [0, 0.1) is 5.82 Å². The average molecular weight is 554 g/mol. The standard InChI is InChI=1S/C22H25BrFN5O4S/c1-28(17(20(30)31)7-10-32-2)22-26-16-12-25-21(27-19(16)34-22)29-8-5-14(6-9-29)33-18-11-13(24)3-4-15(18)23/h3-4,11-12,14,17H,5-10H2,1-2H3,(H,30,31).